The standard InChI is InChI=1S/C16H21NO3S/c1-2-11-5-3-4-6-13(11)17-16(20)15-12(9-10-21-15)7-8-14(18)19/h7-11,13H,2-6H2,1H3,(H,17,20)(H,18,19). The molecule has 2 N–H and O–H groups in total. The van der Waals surface area contributed by atoms with E-state index in [1.165, 1.54) is 30.3 Å². The maximum atomic E-state index is 12.4. The van der Waals surface area contributed by atoms with Gasteiger partial charge in [-0.1, -0.05) is 26.2 Å². The van der Waals surface area contributed by atoms with Crippen LogP contribution in [0.25, 0.3) is 6.08 Å². The van der Waals surface area contributed by atoms with E-state index in [0.717, 1.165) is 25.3 Å². The average molecular weight is 307 g/mol. The van der Waals surface area contributed by atoms with Crippen LogP contribution in [0.15, 0.2) is 17.5 Å². The van der Waals surface area contributed by atoms with Crippen LogP contribution in [0, 0.1) is 5.92 Å². The number of carbonyl (C=O) groups is 2. The number of carboxylic acid groups (broad SMARTS) is 1. The van der Waals surface area contributed by atoms with Gasteiger partial charge in [-0.3, -0.25) is 4.79 Å². The molecule has 0 bridgehead atoms. The molecule has 1 fully saturated rings. The van der Waals surface area contributed by atoms with Gasteiger partial charge in [0.15, 0.2) is 0 Å². The highest BCUT2D eigenvalue weighted by atomic mass is 32.1. The lowest BCUT2D eigenvalue weighted by molar-refractivity contribution is -0.131. The van der Waals surface area contributed by atoms with Crippen molar-refractivity contribution in [2.45, 2.75) is 45.1 Å². The maximum absolute atomic E-state index is 12.4. The maximum Gasteiger partial charge on any atom is 0.328 e. The van der Waals surface area contributed by atoms with Crippen LogP contribution in [0.5, 0.6) is 0 Å². The Kier molecular flexibility index (Phi) is 5.56. The first-order valence-corrected chi connectivity index (χ1v) is 8.29. The number of amides is 1. The third-order valence-corrected chi connectivity index (χ3v) is 4.99. The number of thiophene rings is 1. The summed E-state index contributed by atoms with van der Waals surface area (Å²) in [7, 11) is 0. The molecule has 0 aromatic carbocycles. The third-order valence-electron chi connectivity index (χ3n) is 4.06. The van der Waals surface area contributed by atoms with Gasteiger partial charge in [0.05, 0.1) is 4.88 Å². The molecule has 0 aliphatic heterocycles. The van der Waals surface area contributed by atoms with E-state index in [0.29, 0.717) is 16.4 Å². The second kappa shape index (κ2) is 7.41. The Morgan fingerprint density at radius 1 is 1.43 bits per heavy atom. The lowest BCUT2D eigenvalue weighted by Crippen LogP contribution is -2.41. The van der Waals surface area contributed by atoms with Gasteiger partial charge in [-0.25, -0.2) is 4.79 Å². The number of rotatable bonds is 5. The topological polar surface area (TPSA) is 66.4 Å². The molecule has 5 heteroatoms. The molecule has 0 radical (unpaired) electrons. The van der Waals surface area contributed by atoms with Crippen LogP contribution in [0.1, 0.15) is 54.3 Å². The van der Waals surface area contributed by atoms with E-state index >= 15 is 0 Å². The van der Waals surface area contributed by atoms with Gasteiger partial charge in [-0.15, -0.1) is 11.3 Å². The van der Waals surface area contributed by atoms with Crippen molar-refractivity contribution in [2.75, 3.05) is 0 Å². The van der Waals surface area contributed by atoms with Crippen LogP contribution in [-0.2, 0) is 4.79 Å². The van der Waals surface area contributed by atoms with Crippen LogP contribution in [0.3, 0.4) is 0 Å². The summed E-state index contributed by atoms with van der Waals surface area (Å²) in [5, 5.41) is 13.6. The fraction of sp³-hybridized carbons (Fsp3) is 0.500. The van der Waals surface area contributed by atoms with Crippen molar-refractivity contribution in [3.63, 3.8) is 0 Å². The summed E-state index contributed by atoms with van der Waals surface area (Å²) in [6.45, 7) is 2.17. The van der Waals surface area contributed by atoms with Crippen molar-refractivity contribution in [1.29, 1.82) is 0 Å². The van der Waals surface area contributed by atoms with Crippen LogP contribution < -0.4 is 5.32 Å². The molecule has 2 unspecified atom stereocenters. The Hall–Kier alpha value is -1.62. The second-order valence-electron chi connectivity index (χ2n) is 5.41. The van der Waals surface area contributed by atoms with Gasteiger partial charge in [0.25, 0.3) is 5.91 Å². The Balaban J connectivity index is 2.06. The number of carboxylic acids is 1. The molecule has 1 amide bonds. The number of aliphatic carboxylic acids is 1. The molecule has 1 saturated carbocycles. The van der Waals surface area contributed by atoms with Crippen LogP contribution in [-0.4, -0.2) is 23.0 Å². The SMILES string of the molecule is CCC1CCCCC1NC(=O)c1sccc1C=CC(=O)O. The number of nitrogens with one attached hydrogen (secondary N) is 1. The molecule has 1 aromatic heterocycles. The monoisotopic (exact) mass is 307 g/mol. The summed E-state index contributed by atoms with van der Waals surface area (Å²) < 4.78 is 0. The minimum atomic E-state index is -1.01. The summed E-state index contributed by atoms with van der Waals surface area (Å²) in [5.41, 5.74) is 0.670. The molecule has 2 atom stereocenters. The molecule has 21 heavy (non-hydrogen) atoms. The van der Waals surface area contributed by atoms with Crippen molar-refractivity contribution in [1.82, 2.24) is 5.32 Å². The van der Waals surface area contributed by atoms with E-state index in [-0.39, 0.29) is 11.9 Å². The molecular formula is C16H21NO3S. The van der Waals surface area contributed by atoms with Crippen LogP contribution in [0.2, 0.25) is 0 Å². The molecular weight excluding hydrogens is 286 g/mol. The molecule has 1 aromatic rings. The minimum Gasteiger partial charge on any atom is -0.478 e. The first kappa shape index (κ1) is 15.8. The zero-order valence-corrected chi connectivity index (χ0v) is 13.0. The highest BCUT2D eigenvalue weighted by Gasteiger charge is 2.26. The predicted molar refractivity (Wildman–Crippen MR) is 84.5 cm³/mol. The third kappa shape index (κ3) is 4.17. The van der Waals surface area contributed by atoms with Gasteiger partial charge < -0.3 is 10.4 Å². The smallest absolute Gasteiger partial charge is 0.328 e. The van der Waals surface area contributed by atoms with Crippen LogP contribution >= 0.6 is 11.3 Å². The van der Waals surface area contributed by atoms with Crippen molar-refractivity contribution < 1.29 is 14.7 Å². The lowest BCUT2D eigenvalue weighted by atomic mass is 9.83. The predicted octanol–water partition coefficient (Wildman–Crippen LogP) is 3.54. The lowest BCUT2D eigenvalue weighted by Gasteiger charge is -2.31. The fourth-order valence-electron chi connectivity index (χ4n) is 2.92. The Labute approximate surface area is 128 Å². The molecule has 2 rings (SSSR count). The van der Waals surface area contributed by atoms with Gasteiger partial charge in [0.1, 0.15) is 0 Å². The fourth-order valence-corrected chi connectivity index (χ4v) is 3.71. The minimum absolute atomic E-state index is 0.0830. The van der Waals surface area contributed by atoms with Gasteiger partial charge >= 0.3 is 5.97 Å². The van der Waals surface area contributed by atoms with Crippen molar-refractivity contribution >= 4 is 29.3 Å². The first-order valence-electron chi connectivity index (χ1n) is 7.41. The van der Waals surface area contributed by atoms with Gasteiger partial charge in [-0.05, 0) is 41.8 Å². The van der Waals surface area contributed by atoms with Gasteiger partial charge in [-0.2, -0.15) is 0 Å². The zero-order chi connectivity index (χ0) is 15.2. The molecule has 0 saturated heterocycles. The average Bonchev–Trinajstić information content (AvgIpc) is 2.94. The number of carbonyl (C=O) groups excluding carboxylic acids is 1. The van der Waals surface area contributed by atoms with Crippen molar-refractivity contribution in [3.05, 3.63) is 28.0 Å². The largest absolute Gasteiger partial charge is 0.478 e. The summed E-state index contributed by atoms with van der Waals surface area (Å²) in [6, 6.07) is 2.02. The molecule has 1 aliphatic rings. The van der Waals surface area contributed by atoms with E-state index in [2.05, 4.69) is 12.2 Å². The van der Waals surface area contributed by atoms with Crippen LogP contribution in [0.4, 0.5) is 0 Å². The van der Waals surface area contributed by atoms with Gasteiger partial charge in [0, 0.05) is 12.1 Å². The van der Waals surface area contributed by atoms with E-state index < -0.39 is 5.97 Å². The molecule has 4 nitrogen and oxygen atoms in total. The van der Waals surface area contributed by atoms with E-state index in [1.54, 1.807) is 6.07 Å². The summed E-state index contributed by atoms with van der Waals surface area (Å²) in [5.74, 6) is -0.535. The number of hydrogen-bond donors (Lipinski definition) is 2. The normalized spacial score (nSPS) is 22.3. The van der Waals surface area contributed by atoms with Crippen molar-refractivity contribution in [3.8, 4) is 0 Å². The zero-order valence-electron chi connectivity index (χ0n) is 12.2. The van der Waals surface area contributed by atoms with Gasteiger partial charge in [0.2, 0.25) is 0 Å². The summed E-state index contributed by atoms with van der Waals surface area (Å²) >= 11 is 1.35. The second-order valence-corrected chi connectivity index (χ2v) is 6.33. The Morgan fingerprint density at radius 2 is 2.19 bits per heavy atom. The molecule has 1 aliphatic carbocycles. The molecule has 1 heterocycles. The quantitative estimate of drug-likeness (QED) is 0.818. The highest BCUT2D eigenvalue weighted by Crippen LogP contribution is 2.27. The highest BCUT2D eigenvalue weighted by molar-refractivity contribution is 7.12. The van der Waals surface area contributed by atoms with E-state index in [4.69, 9.17) is 5.11 Å². The van der Waals surface area contributed by atoms with Crippen molar-refractivity contribution in [2.24, 2.45) is 5.92 Å². The Morgan fingerprint density at radius 3 is 2.90 bits per heavy atom. The first-order chi connectivity index (χ1) is 10.1. The molecule has 114 valence electrons. The molecule has 0 spiro atoms. The summed E-state index contributed by atoms with van der Waals surface area (Å²) in [6.07, 6.45) is 8.25. The Bertz CT molecular complexity index is 535. The number of hydrogen-bond acceptors (Lipinski definition) is 3. The van der Waals surface area contributed by atoms with E-state index in [1.807, 2.05) is 5.38 Å². The van der Waals surface area contributed by atoms with E-state index in [9.17, 15) is 9.59 Å². The summed E-state index contributed by atoms with van der Waals surface area (Å²) in [4.78, 5) is 23.6.